The van der Waals surface area contributed by atoms with Gasteiger partial charge in [0.25, 0.3) is 0 Å². The fraction of sp³-hybridized carbons (Fsp3) is 1.00. The van der Waals surface area contributed by atoms with Gasteiger partial charge >= 0.3 is 98.6 Å². The van der Waals surface area contributed by atoms with E-state index in [1.807, 2.05) is 0 Å². The summed E-state index contributed by atoms with van der Waals surface area (Å²) in [5.74, 6) is 5.06. The van der Waals surface area contributed by atoms with Crippen LogP contribution in [0.1, 0.15) is 41.5 Å². The molecule has 1 aliphatic heterocycles. The summed E-state index contributed by atoms with van der Waals surface area (Å²) in [6.07, 6.45) is 0. The summed E-state index contributed by atoms with van der Waals surface area (Å²) < 4.78 is 5.58. The van der Waals surface area contributed by atoms with Crippen molar-refractivity contribution >= 4 is 13.7 Å². The maximum atomic E-state index is 2.79. The third kappa shape index (κ3) is 2.59. The van der Waals surface area contributed by atoms with E-state index in [0.717, 1.165) is 0 Å². The molecule has 1 rings (SSSR count). The normalized spacial score (nSPS) is 24.8. The number of hydrogen-bond donors (Lipinski definition) is 0. The van der Waals surface area contributed by atoms with Gasteiger partial charge in [-0.05, 0) is 0 Å². The van der Waals surface area contributed by atoms with Gasteiger partial charge < -0.3 is 0 Å². The van der Waals surface area contributed by atoms with Gasteiger partial charge in [0.05, 0.1) is 0 Å². The Kier molecular flexibility index (Phi) is 3.38. The first-order chi connectivity index (χ1) is 6.47. The predicted octanol–water partition coefficient (Wildman–Crippen LogP) is 2.90. The van der Waals surface area contributed by atoms with Crippen molar-refractivity contribution in [2.24, 2.45) is 0 Å². The van der Waals surface area contributed by atoms with Crippen LogP contribution in [0, 0.1) is 0 Å². The molecule has 1 aliphatic rings. The second-order valence-corrected chi connectivity index (χ2v) is 15.7. The zero-order chi connectivity index (χ0) is 12.1. The van der Waals surface area contributed by atoms with Crippen LogP contribution in [0.2, 0.25) is 11.5 Å². The molecule has 1 fully saturated rings. The van der Waals surface area contributed by atoms with Crippen LogP contribution in [0.5, 0.6) is 0 Å². The summed E-state index contributed by atoms with van der Waals surface area (Å²) in [7, 11) is 0. The van der Waals surface area contributed by atoms with E-state index in [-0.39, 0.29) is 0 Å². The molecule has 0 bridgehead atoms. The van der Waals surface area contributed by atoms with E-state index < -0.39 is 13.7 Å². The van der Waals surface area contributed by atoms with Gasteiger partial charge in [0.15, 0.2) is 0 Å². The van der Waals surface area contributed by atoms with Gasteiger partial charge in [0.2, 0.25) is 0 Å². The number of hydrogen-bond acceptors (Lipinski definition) is 2. The SMILES string of the molecule is CC(C)(C)[N]1CC[N](C(C)(C)C)[Ge]1([CH3])[CH3]. The van der Waals surface area contributed by atoms with Crippen LogP contribution < -0.4 is 0 Å². The fourth-order valence-corrected chi connectivity index (χ4v) is 13.4. The first-order valence-corrected chi connectivity index (χ1v) is 12.1. The van der Waals surface area contributed by atoms with E-state index in [0.29, 0.717) is 11.1 Å². The molecule has 0 saturated carbocycles. The summed E-state index contributed by atoms with van der Waals surface area (Å²) in [6, 6.07) is 0. The molecular formula is C12H28GeN2. The van der Waals surface area contributed by atoms with Crippen LogP contribution in [0.25, 0.3) is 0 Å². The summed E-state index contributed by atoms with van der Waals surface area (Å²) in [5.41, 5.74) is 0.674. The first kappa shape index (κ1) is 13.5. The van der Waals surface area contributed by atoms with E-state index in [1.165, 1.54) is 13.1 Å². The van der Waals surface area contributed by atoms with Gasteiger partial charge in [-0.25, -0.2) is 0 Å². The number of nitrogens with zero attached hydrogens (tertiary/aromatic N) is 2. The van der Waals surface area contributed by atoms with Gasteiger partial charge in [0.1, 0.15) is 0 Å². The van der Waals surface area contributed by atoms with Crippen molar-refractivity contribution in [1.29, 1.82) is 0 Å². The summed E-state index contributed by atoms with van der Waals surface area (Å²) in [6.45, 7) is 16.6. The molecule has 3 heteroatoms. The third-order valence-corrected chi connectivity index (χ3v) is 12.8. The molecule has 0 unspecified atom stereocenters. The van der Waals surface area contributed by atoms with Gasteiger partial charge in [-0.3, -0.25) is 0 Å². The molecule has 0 amide bonds. The Balaban J connectivity index is 2.95. The topological polar surface area (TPSA) is 6.48 Å². The Morgan fingerprint density at radius 3 is 1.13 bits per heavy atom. The van der Waals surface area contributed by atoms with Crippen LogP contribution >= 0.6 is 0 Å². The molecule has 0 aromatic heterocycles. The van der Waals surface area contributed by atoms with Crippen molar-refractivity contribution in [3.05, 3.63) is 0 Å². The molecule has 90 valence electrons. The van der Waals surface area contributed by atoms with Crippen LogP contribution in [0.15, 0.2) is 0 Å². The molecule has 0 aromatic rings. The zero-order valence-corrected chi connectivity index (χ0v) is 13.9. The molecule has 0 spiro atoms. The van der Waals surface area contributed by atoms with Crippen LogP contribution in [0.3, 0.4) is 0 Å². The Bertz CT molecular complexity index is 211. The summed E-state index contributed by atoms with van der Waals surface area (Å²) >= 11 is -1.95. The van der Waals surface area contributed by atoms with Crippen molar-refractivity contribution < 1.29 is 0 Å². The Morgan fingerprint density at radius 1 is 0.733 bits per heavy atom. The van der Waals surface area contributed by atoms with Gasteiger partial charge in [0, 0.05) is 0 Å². The molecule has 15 heavy (non-hydrogen) atoms. The van der Waals surface area contributed by atoms with Crippen molar-refractivity contribution in [2.45, 2.75) is 64.1 Å². The van der Waals surface area contributed by atoms with Gasteiger partial charge in [-0.2, -0.15) is 0 Å². The fourth-order valence-electron chi connectivity index (χ4n) is 3.21. The van der Waals surface area contributed by atoms with E-state index >= 15 is 0 Å². The van der Waals surface area contributed by atoms with E-state index in [9.17, 15) is 0 Å². The molecule has 0 aliphatic carbocycles. The minimum atomic E-state index is -1.95. The second-order valence-electron chi connectivity index (χ2n) is 7.14. The van der Waals surface area contributed by atoms with E-state index in [4.69, 9.17) is 0 Å². The molecule has 0 atom stereocenters. The molecule has 1 heterocycles. The molecule has 0 aromatic carbocycles. The van der Waals surface area contributed by atoms with Crippen LogP contribution in [0.4, 0.5) is 0 Å². The Hall–Kier alpha value is 0.463. The standard InChI is InChI=1S/C12H28GeN2/c1-11(2,3)14-9-10-15(12(4,5)6)13(14,7)8/h9-10H2,1-8H3. The second kappa shape index (κ2) is 3.74. The minimum absolute atomic E-state index is 0.337. The quantitative estimate of drug-likeness (QED) is 0.626. The van der Waals surface area contributed by atoms with E-state index in [1.54, 1.807) is 0 Å². The molecule has 1 saturated heterocycles. The van der Waals surface area contributed by atoms with E-state index in [2.05, 4.69) is 60.8 Å². The molecule has 0 N–H and O–H groups in total. The van der Waals surface area contributed by atoms with Crippen molar-refractivity contribution in [2.75, 3.05) is 13.1 Å². The first-order valence-electron chi connectivity index (χ1n) is 6.03. The van der Waals surface area contributed by atoms with Crippen LogP contribution in [-0.2, 0) is 0 Å². The van der Waals surface area contributed by atoms with Crippen molar-refractivity contribution in [3.63, 3.8) is 0 Å². The molecular weight excluding hydrogens is 245 g/mol. The van der Waals surface area contributed by atoms with Crippen molar-refractivity contribution in [3.8, 4) is 0 Å². The molecule has 0 radical (unpaired) electrons. The Labute approximate surface area is 98.8 Å². The zero-order valence-electron chi connectivity index (χ0n) is 11.8. The molecule has 2 nitrogen and oxygen atoms in total. The maximum absolute atomic E-state index is 2.79. The summed E-state index contributed by atoms with van der Waals surface area (Å²) in [4.78, 5) is 0. The average Bonchev–Trinajstić information content (AvgIpc) is 2.21. The van der Waals surface area contributed by atoms with Crippen LogP contribution in [-0.4, -0.2) is 45.6 Å². The monoisotopic (exact) mass is 274 g/mol. The Morgan fingerprint density at radius 2 is 1.00 bits per heavy atom. The third-order valence-electron chi connectivity index (χ3n) is 3.49. The number of rotatable bonds is 0. The van der Waals surface area contributed by atoms with Gasteiger partial charge in [-0.1, -0.05) is 0 Å². The average molecular weight is 273 g/mol. The predicted molar refractivity (Wildman–Crippen MR) is 70.4 cm³/mol. The van der Waals surface area contributed by atoms with Gasteiger partial charge in [-0.15, -0.1) is 0 Å². The van der Waals surface area contributed by atoms with Crippen molar-refractivity contribution in [1.82, 2.24) is 7.71 Å². The summed E-state index contributed by atoms with van der Waals surface area (Å²) in [5, 5.41) is 0.